The first-order valence-corrected chi connectivity index (χ1v) is 10.9. The Balaban J connectivity index is 1.44. The molecule has 4 aromatic rings. The summed E-state index contributed by atoms with van der Waals surface area (Å²) in [5.74, 6) is 1.22. The molecule has 0 spiro atoms. The summed E-state index contributed by atoms with van der Waals surface area (Å²) in [6.07, 6.45) is 0. The largest absolute Gasteiger partial charge is 0.484 e. The fourth-order valence-electron chi connectivity index (χ4n) is 2.65. The maximum Gasteiger partial charge on any atom is 0.254 e. The summed E-state index contributed by atoms with van der Waals surface area (Å²) in [6.45, 7) is 0.0752. The van der Waals surface area contributed by atoms with Crippen LogP contribution in [0.3, 0.4) is 0 Å². The van der Waals surface area contributed by atoms with Gasteiger partial charge in [-0.1, -0.05) is 40.2 Å². The minimum absolute atomic E-state index is 0.0752. The Bertz CT molecular complexity index is 1220. The van der Waals surface area contributed by atoms with E-state index in [9.17, 15) is 8.42 Å². The second kappa shape index (κ2) is 8.18. The van der Waals surface area contributed by atoms with E-state index in [-0.39, 0.29) is 16.4 Å². The van der Waals surface area contributed by atoms with Crippen molar-refractivity contribution in [1.29, 1.82) is 0 Å². The van der Waals surface area contributed by atoms with Gasteiger partial charge in [-0.15, -0.1) is 10.2 Å². The van der Waals surface area contributed by atoms with E-state index in [1.54, 1.807) is 42.5 Å². The van der Waals surface area contributed by atoms with Gasteiger partial charge in [-0.05, 0) is 54.6 Å². The van der Waals surface area contributed by atoms with Crippen LogP contribution in [0, 0.1) is 0 Å². The summed E-state index contributed by atoms with van der Waals surface area (Å²) in [5.41, 5.74) is 0.800. The van der Waals surface area contributed by atoms with E-state index >= 15 is 0 Å². The van der Waals surface area contributed by atoms with Crippen LogP contribution in [-0.4, -0.2) is 18.6 Å². The normalized spacial score (nSPS) is 11.3. The van der Waals surface area contributed by atoms with E-state index in [4.69, 9.17) is 9.15 Å². The molecule has 3 aromatic carbocycles. The molecule has 0 N–H and O–H groups in total. The summed E-state index contributed by atoms with van der Waals surface area (Å²) < 4.78 is 37.4. The highest BCUT2D eigenvalue weighted by Gasteiger charge is 2.17. The standard InChI is InChI=1S/C21H15BrN2O4S/c22-16-6-4-5-15(13-16)21-24-23-20(28-21)14-27-17-9-11-19(12-10-17)29(25,26)18-7-2-1-3-8-18/h1-13H,14H2. The molecule has 8 heteroatoms. The zero-order valence-electron chi connectivity index (χ0n) is 15.0. The van der Waals surface area contributed by atoms with Gasteiger partial charge in [0.1, 0.15) is 5.75 Å². The average Bonchev–Trinajstić information content (AvgIpc) is 3.22. The van der Waals surface area contributed by atoms with E-state index in [0.29, 0.717) is 17.5 Å². The molecule has 146 valence electrons. The first-order chi connectivity index (χ1) is 14.0. The maximum absolute atomic E-state index is 12.6. The van der Waals surface area contributed by atoms with Crippen LogP contribution < -0.4 is 4.74 Å². The molecule has 4 rings (SSSR count). The summed E-state index contributed by atoms with van der Waals surface area (Å²) >= 11 is 3.40. The lowest BCUT2D eigenvalue weighted by Gasteiger charge is -2.07. The van der Waals surface area contributed by atoms with Gasteiger partial charge in [-0.25, -0.2) is 8.42 Å². The van der Waals surface area contributed by atoms with Crippen molar-refractivity contribution in [3.63, 3.8) is 0 Å². The number of sulfone groups is 1. The van der Waals surface area contributed by atoms with Crippen LogP contribution in [0.2, 0.25) is 0 Å². The van der Waals surface area contributed by atoms with Crippen molar-refractivity contribution < 1.29 is 17.6 Å². The number of benzene rings is 3. The van der Waals surface area contributed by atoms with Crippen LogP contribution in [0.5, 0.6) is 5.75 Å². The highest BCUT2D eigenvalue weighted by Crippen LogP contribution is 2.24. The second-order valence-electron chi connectivity index (χ2n) is 6.09. The highest BCUT2D eigenvalue weighted by atomic mass is 79.9. The summed E-state index contributed by atoms with van der Waals surface area (Å²) in [7, 11) is -3.55. The minimum Gasteiger partial charge on any atom is -0.484 e. The molecule has 0 aliphatic rings. The van der Waals surface area contributed by atoms with Crippen molar-refractivity contribution in [2.75, 3.05) is 0 Å². The molecule has 0 unspecified atom stereocenters. The number of rotatable bonds is 6. The smallest absolute Gasteiger partial charge is 0.254 e. The Morgan fingerprint density at radius 3 is 2.31 bits per heavy atom. The first-order valence-electron chi connectivity index (χ1n) is 8.64. The molecular weight excluding hydrogens is 456 g/mol. The topological polar surface area (TPSA) is 82.3 Å². The van der Waals surface area contributed by atoms with Gasteiger partial charge in [0.2, 0.25) is 15.7 Å². The third-order valence-electron chi connectivity index (χ3n) is 4.09. The molecule has 1 heterocycles. The van der Waals surface area contributed by atoms with E-state index in [1.165, 1.54) is 12.1 Å². The van der Waals surface area contributed by atoms with Crippen LogP contribution in [0.15, 0.2) is 97.5 Å². The molecule has 1 aromatic heterocycles. The molecule has 0 atom stereocenters. The van der Waals surface area contributed by atoms with E-state index in [0.717, 1.165) is 10.0 Å². The Hall–Kier alpha value is -2.97. The molecule has 0 aliphatic heterocycles. The van der Waals surface area contributed by atoms with Crippen LogP contribution in [0.4, 0.5) is 0 Å². The highest BCUT2D eigenvalue weighted by molar-refractivity contribution is 9.10. The third-order valence-corrected chi connectivity index (χ3v) is 6.37. The van der Waals surface area contributed by atoms with Crippen LogP contribution in [0.1, 0.15) is 5.89 Å². The molecule has 0 aliphatic carbocycles. The van der Waals surface area contributed by atoms with Gasteiger partial charge >= 0.3 is 0 Å². The van der Waals surface area contributed by atoms with E-state index in [1.807, 2.05) is 24.3 Å². The van der Waals surface area contributed by atoms with E-state index < -0.39 is 9.84 Å². The monoisotopic (exact) mass is 470 g/mol. The van der Waals surface area contributed by atoms with Gasteiger partial charge in [0.15, 0.2) is 6.61 Å². The fraction of sp³-hybridized carbons (Fsp3) is 0.0476. The summed E-state index contributed by atoms with van der Waals surface area (Å²) in [4.78, 5) is 0.449. The van der Waals surface area contributed by atoms with Crippen molar-refractivity contribution in [1.82, 2.24) is 10.2 Å². The predicted molar refractivity (Wildman–Crippen MR) is 110 cm³/mol. The average molecular weight is 471 g/mol. The van der Waals surface area contributed by atoms with Gasteiger partial charge in [0.05, 0.1) is 9.79 Å². The number of halogens is 1. The van der Waals surface area contributed by atoms with Crippen molar-refractivity contribution in [2.24, 2.45) is 0 Å². The van der Waals surface area contributed by atoms with Crippen molar-refractivity contribution in [3.05, 3.63) is 89.2 Å². The maximum atomic E-state index is 12.6. The number of ether oxygens (including phenoxy) is 1. The van der Waals surface area contributed by atoms with Gasteiger partial charge in [0.25, 0.3) is 5.89 Å². The third kappa shape index (κ3) is 4.38. The minimum atomic E-state index is -3.55. The Morgan fingerprint density at radius 1 is 0.862 bits per heavy atom. The zero-order chi connectivity index (χ0) is 20.3. The molecule has 0 saturated heterocycles. The molecule has 6 nitrogen and oxygen atoms in total. The fourth-order valence-corrected chi connectivity index (χ4v) is 4.33. The summed E-state index contributed by atoms with van der Waals surface area (Å²) in [5, 5.41) is 8.00. The van der Waals surface area contributed by atoms with Gasteiger partial charge in [-0.2, -0.15) is 0 Å². The molecule has 29 heavy (non-hydrogen) atoms. The number of hydrogen-bond acceptors (Lipinski definition) is 6. The zero-order valence-corrected chi connectivity index (χ0v) is 17.4. The SMILES string of the molecule is O=S(=O)(c1ccccc1)c1ccc(OCc2nnc(-c3cccc(Br)c3)o2)cc1. The Kier molecular flexibility index (Phi) is 5.46. The van der Waals surface area contributed by atoms with Gasteiger partial charge in [-0.3, -0.25) is 0 Å². The Morgan fingerprint density at radius 2 is 1.59 bits per heavy atom. The lowest BCUT2D eigenvalue weighted by atomic mass is 10.2. The summed E-state index contributed by atoms with van der Waals surface area (Å²) in [6, 6.07) is 22.1. The molecule has 0 amide bonds. The van der Waals surface area contributed by atoms with Crippen LogP contribution in [-0.2, 0) is 16.4 Å². The quantitative estimate of drug-likeness (QED) is 0.398. The van der Waals surface area contributed by atoms with Crippen molar-refractivity contribution >= 4 is 25.8 Å². The number of nitrogens with zero attached hydrogens (tertiary/aromatic N) is 2. The lowest BCUT2D eigenvalue weighted by molar-refractivity contribution is 0.264. The first kappa shape index (κ1) is 19.4. The molecule has 0 saturated carbocycles. The van der Waals surface area contributed by atoms with Gasteiger partial charge in [0, 0.05) is 10.0 Å². The van der Waals surface area contributed by atoms with Crippen LogP contribution in [0.25, 0.3) is 11.5 Å². The Labute approximate surface area is 176 Å². The molecule has 0 radical (unpaired) electrons. The molecule has 0 fully saturated rings. The van der Waals surface area contributed by atoms with Gasteiger partial charge < -0.3 is 9.15 Å². The molecular formula is C21H15BrN2O4S. The molecule has 0 bridgehead atoms. The lowest BCUT2D eigenvalue weighted by Crippen LogP contribution is -2.02. The predicted octanol–water partition coefficient (Wildman–Crippen LogP) is 4.91. The van der Waals surface area contributed by atoms with Crippen molar-refractivity contribution in [2.45, 2.75) is 16.4 Å². The second-order valence-corrected chi connectivity index (χ2v) is 8.95. The van der Waals surface area contributed by atoms with Crippen molar-refractivity contribution in [3.8, 4) is 17.2 Å². The number of hydrogen-bond donors (Lipinski definition) is 0. The number of aromatic nitrogens is 2. The van der Waals surface area contributed by atoms with Crippen LogP contribution >= 0.6 is 15.9 Å². The van der Waals surface area contributed by atoms with E-state index in [2.05, 4.69) is 26.1 Å².